The van der Waals surface area contributed by atoms with E-state index in [9.17, 15) is 0 Å². The number of benzene rings is 1. The van der Waals surface area contributed by atoms with Gasteiger partial charge in [0.1, 0.15) is 0 Å². The Labute approximate surface area is 120 Å². The van der Waals surface area contributed by atoms with E-state index < -0.39 is 7.32 Å². The van der Waals surface area contributed by atoms with E-state index in [1.54, 1.807) is 0 Å². The molecule has 0 heterocycles. The van der Waals surface area contributed by atoms with Crippen LogP contribution in [0.15, 0.2) is 36.4 Å². The fourth-order valence-electron chi connectivity index (χ4n) is 1.96. The maximum Gasteiger partial charge on any atom is 0.638 e. The number of halogens is 1. The molecular formula is C14H20BClO3. The Bertz CT molecular complexity index is 389. The van der Waals surface area contributed by atoms with Gasteiger partial charge in [0.15, 0.2) is 0 Å². The van der Waals surface area contributed by atoms with Gasteiger partial charge in [-0.15, -0.1) is 0 Å². The smallest absolute Gasteiger partial charge is 0.389 e. The van der Waals surface area contributed by atoms with E-state index in [1.807, 2.05) is 18.2 Å². The van der Waals surface area contributed by atoms with Crippen LogP contribution in [0.5, 0.6) is 0 Å². The van der Waals surface area contributed by atoms with E-state index in [1.165, 1.54) is 39.7 Å². The van der Waals surface area contributed by atoms with Gasteiger partial charge in [0, 0.05) is 32.3 Å². The monoisotopic (exact) mass is 282 g/mol. The summed E-state index contributed by atoms with van der Waals surface area (Å²) in [5.74, 6) is 0.554. The highest BCUT2D eigenvalue weighted by Gasteiger charge is 2.13. The van der Waals surface area contributed by atoms with Gasteiger partial charge in [-0.1, -0.05) is 42.0 Å². The quantitative estimate of drug-likeness (QED) is 0.623. The molecule has 0 amide bonds. The van der Waals surface area contributed by atoms with E-state index in [4.69, 9.17) is 11.6 Å². The van der Waals surface area contributed by atoms with Gasteiger partial charge in [0.2, 0.25) is 0 Å². The van der Waals surface area contributed by atoms with Crippen LogP contribution >= 0.6 is 11.6 Å². The SMILES string of the molecule is COB(OC)OC.Clc1ccccc1C1C=CCC1. The lowest BCUT2D eigenvalue weighted by Gasteiger charge is -2.09. The summed E-state index contributed by atoms with van der Waals surface area (Å²) >= 11 is 6.07. The molecule has 1 unspecified atom stereocenters. The second-order valence-corrected chi connectivity index (χ2v) is 4.54. The van der Waals surface area contributed by atoms with E-state index in [2.05, 4.69) is 32.2 Å². The normalized spacial score (nSPS) is 16.9. The summed E-state index contributed by atoms with van der Waals surface area (Å²) in [6, 6.07) is 8.10. The molecule has 0 bridgehead atoms. The third-order valence-corrected chi connectivity index (χ3v) is 3.24. The van der Waals surface area contributed by atoms with Gasteiger partial charge in [-0.05, 0) is 24.5 Å². The summed E-state index contributed by atoms with van der Waals surface area (Å²) in [6.07, 6.45) is 6.88. The lowest BCUT2D eigenvalue weighted by molar-refractivity contribution is 0.163. The third kappa shape index (κ3) is 5.37. The van der Waals surface area contributed by atoms with Crippen LogP contribution in [0, 0.1) is 0 Å². The van der Waals surface area contributed by atoms with Crippen LogP contribution in [-0.4, -0.2) is 28.7 Å². The highest BCUT2D eigenvalue weighted by molar-refractivity contribution is 6.36. The van der Waals surface area contributed by atoms with Crippen molar-refractivity contribution in [2.45, 2.75) is 18.8 Å². The molecule has 1 aromatic carbocycles. The second kappa shape index (κ2) is 9.15. The van der Waals surface area contributed by atoms with Gasteiger partial charge >= 0.3 is 7.32 Å². The van der Waals surface area contributed by atoms with Crippen molar-refractivity contribution >= 4 is 18.9 Å². The second-order valence-electron chi connectivity index (χ2n) is 4.13. The van der Waals surface area contributed by atoms with Crippen molar-refractivity contribution in [1.29, 1.82) is 0 Å². The maximum atomic E-state index is 6.07. The van der Waals surface area contributed by atoms with Crippen LogP contribution in [0.3, 0.4) is 0 Å². The zero-order valence-electron chi connectivity index (χ0n) is 11.6. The molecule has 0 aromatic heterocycles. The van der Waals surface area contributed by atoms with Crippen molar-refractivity contribution in [1.82, 2.24) is 0 Å². The lowest BCUT2D eigenvalue weighted by atomic mass is 9.99. The van der Waals surface area contributed by atoms with Crippen molar-refractivity contribution in [3.8, 4) is 0 Å². The summed E-state index contributed by atoms with van der Waals surface area (Å²) in [5.41, 5.74) is 1.27. The minimum absolute atomic E-state index is 0.514. The predicted molar refractivity (Wildman–Crippen MR) is 79.3 cm³/mol. The van der Waals surface area contributed by atoms with Crippen LogP contribution < -0.4 is 0 Å². The topological polar surface area (TPSA) is 27.7 Å². The molecule has 2 rings (SSSR count). The molecule has 0 aliphatic heterocycles. The van der Waals surface area contributed by atoms with Gasteiger partial charge < -0.3 is 14.0 Å². The first-order chi connectivity index (χ1) is 9.22. The molecule has 1 aliphatic rings. The molecule has 0 fully saturated rings. The number of hydrogen-bond acceptors (Lipinski definition) is 3. The first-order valence-corrected chi connectivity index (χ1v) is 6.60. The number of allylic oxidation sites excluding steroid dienone is 2. The standard InChI is InChI=1S/C11H11Cl.C3H9BO3/c12-11-8-4-3-7-10(11)9-5-1-2-6-9;1-5-4(6-2)7-3/h1,3-5,7-9H,2,6H2;1-3H3. The minimum Gasteiger partial charge on any atom is -0.389 e. The molecule has 104 valence electrons. The maximum absolute atomic E-state index is 6.07. The summed E-state index contributed by atoms with van der Waals surface area (Å²) in [6.45, 7) is 0. The van der Waals surface area contributed by atoms with Crippen LogP contribution in [0.1, 0.15) is 24.3 Å². The molecule has 1 aromatic rings. The fraction of sp³-hybridized carbons (Fsp3) is 0.429. The molecule has 3 nitrogen and oxygen atoms in total. The van der Waals surface area contributed by atoms with Gasteiger partial charge in [0.25, 0.3) is 0 Å². The summed E-state index contributed by atoms with van der Waals surface area (Å²) < 4.78 is 13.8. The Hall–Kier alpha value is -0.805. The minimum atomic E-state index is -0.514. The van der Waals surface area contributed by atoms with Crippen molar-refractivity contribution in [3.63, 3.8) is 0 Å². The highest BCUT2D eigenvalue weighted by atomic mass is 35.5. The molecular weight excluding hydrogens is 262 g/mol. The molecule has 0 saturated carbocycles. The molecule has 0 radical (unpaired) electrons. The summed E-state index contributed by atoms with van der Waals surface area (Å²) in [7, 11) is 4.02. The Morgan fingerprint density at radius 1 is 1.11 bits per heavy atom. The van der Waals surface area contributed by atoms with Gasteiger partial charge in [-0.2, -0.15) is 0 Å². The van der Waals surface area contributed by atoms with Crippen molar-refractivity contribution < 1.29 is 14.0 Å². The Kier molecular flexibility index (Phi) is 7.83. The van der Waals surface area contributed by atoms with Crippen molar-refractivity contribution in [2.24, 2.45) is 0 Å². The molecule has 1 atom stereocenters. The first kappa shape index (κ1) is 16.2. The molecule has 5 heteroatoms. The zero-order chi connectivity index (χ0) is 14.1. The average Bonchev–Trinajstić information content (AvgIpc) is 2.96. The van der Waals surface area contributed by atoms with E-state index >= 15 is 0 Å². The number of rotatable bonds is 4. The van der Waals surface area contributed by atoms with E-state index in [-0.39, 0.29) is 0 Å². The van der Waals surface area contributed by atoms with Crippen molar-refractivity contribution in [2.75, 3.05) is 21.3 Å². The van der Waals surface area contributed by atoms with Gasteiger partial charge in [-0.3, -0.25) is 0 Å². The molecule has 19 heavy (non-hydrogen) atoms. The summed E-state index contributed by atoms with van der Waals surface area (Å²) in [5, 5.41) is 0.897. The van der Waals surface area contributed by atoms with Crippen LogP contribution in [0.2, 0.25) is 5.02 Å². The predicted octanol–water partition coefficient (Wildman–Crippen LogP) is 3.68. The molecule has 0 saturated heterocycles. The average molecular weight is 283 g/mol. The molecule has 0 spiro atoms. The zero-order valence-corrected chi connectivity index (χ0v) is 12.4. The van der Waals surface area contributed by atoms with Crippen molar-refractivity contribution in [3.05, 3.63) is 47.0 Å². The lowest BCUT2D eigenvalue weighted by Crippen LogP contribution is -2.21. The highest BCUT2D eigenvalue weighted by Crippen LogP contribution is 2.32. The summed E-state index contributed by atoms with van der Waals surface area (Å²) in [4.78, 5) is 0. The Morgan fingerprint density at radius 2 is 1.74 bits per heavy atom. The van der Waals surface area contributed by atoms with E-state index in [0.717, 1.165) is 5.02 Å². The van der Waals surface area contributed by atoms with Crippen LogP contribution in [0.4, 0.5) is 0 Å². The third-order valence-electron chi connectivity index (χ3n) is 2.89. The van der Waals surface area contributed by atoms with Crippen LogP contribution in [0.25, 0.3) is 0 Å². The van der Waals surface area contributed by atoms with Crippen LogP contribution in [-0.2, 0) is 14.0 Å². The first-order valence-electron chi connectivity index (χ1n) is 6.22. The van der Waals surface area contributed by atoms with Gasteiger partial charge in [-0.25, -0.2) is 0 Å². The van der Waals surface area contributed by atoms with Gasteiger partial charge in [0.05, 0.1) is 0 Å². The largest absolute Gasteiger partial charge is 0.638 e. The molecule has 0 N–H and O–H groups in total. The van der Waals surface area contributed by atoms with E-state index in [0.29, 0.717) is 5.92 Å². The fourth-order valence-corrected chi connectivity index (χ4v) is 2.23. The number of hydrogen-bond donors (Lipinski definition) is 0. The Balaban J connectivity index is 0.000000224. The molecule has 1 aliphatic carbocycles. The Morgan fingerprint density at radius 3 is 2.16 bits per heavy atom.